The van der Waals surface area contributed by atoms with E-state index in [9.17, 15) is 14.0 Å². The number of aryl methyl sites for hydroxylation is 1. The molecule has 2 aromatic carbocycles. The Bertz CT molecular complexity index is 1410. The fourth-order valence-electron chi connectivity index (χ4n) is 4.27. The molecule has 4 aromatic rings. The summed E-state index contributed by atoms with van der Waals surface area (Å²) in [4.78, 5) is 31.8. The molecule has 0 aliphatic carbocycles. The van der Waals surface area contributed by atoms with Crippen molar-refractivity contribution in [3.63, 3.8) is 0 Å². The first-order valence-electron chi connectivity index (χ1n) is 11.5. The molecule has 3 heterocycles. The number of thiophene rings is 1. The summed E-state index contributed by atoms with van der Waals surface area (Å²) in [6.45, 7) is 4.96. The maximum absolute atomic E-state index is 14.1. The molecule has 1 amide bonds. The number of hydrogen-bond donors (Lipinski definition) is 0. The Kier molecular flexibility index (Phi) is 6.57. The number of halogens is 1. The van der Waals surface area contributed by atoms with Crippen LogP contribution in [0.25, 0.3) is 16.1 Å². The van der Waals surface area contributed by atoms with Crippen LogP contribution in [0.5, 0.6) is 0 Å². The van der Waals surface area contributed by atoms with Gasteiger partial charge in [0.2, 0.25) is 5.43 Å². The average molecular weight is 489 g/mol. The molecule has 178 valence electrons. The predicted octanol–water partition coefficient (Wildman–Crippen LogP) is 4.37. The van der Waals surface area contributed by atoms with Crippen LogP contribution < -0.4 is 5.43 Å². The van der Waals surface area contributed by atoms with Crippen LogP contribution in [-0.4, -0.2) is 51.7 Å². The fourth-order valence-corrected chi connectivity index (χ4v) is 5.35. The van der Waals surface area contributed by atoms with Crippen LogP contribution in [-0.2, 0) is 6.54 Å². The highest BCUT2D eigenvalue weighted by molar-refractivity contribution is 7.15. The summed E-state index contributed by atoms with van der Waals surface area (Å²) in [6.07, 6.45) is 0. The van der Waals surface area contributed by atoms with Crippen LogP contribution in [0, 0.1) is 12.7 Å². The first kappa shape index (κ1) is 23.1. The molecule has 5 rings (SSSR count). The van der Waals surface area contributed by atoms with Crippen molar-refractivity contribution in [2.75, 3.05) is 26.2 Å². The Morgan fingerprint density at radius 2 is 1.69 bits per heavy atom. The maximum Gasteiger partial charge on any atom is 0.278 e. The van der Waals surface area contributed by atoms with Crippen LogP contribution >= 0.6 is 11.3 Å². The standard InChI is InChI=1S/C27H25FN4O2S/c1-19-17-24(33)26(29-32(19)20-7-3-2-4-8-20)27(34)31-15-13-30(14-16-31)18-21-11-12-25(35-21)22-9-5-6-10-23(22)28/h2-12,17H,13-16,18H2,1H3. The third-order valence-corrected chi connectivity index (χ3v) is 7.25. The van der Waals surface area contributed by atoms with Gasteiger partial charge in [0.25, 0.3) is 5.91 Å². The van der Waals surface area contributed by atoms with Crippen LogP contribution in [0.4, 0.5) is 4.39 Å². The first-order chi connectivity index (χ1) is 17.0. The summed E-state index contributed by atoms with van der Waals surface area (Å²) in [5, 5.41) is 4.41. The highest BCUT2D eigenvalue weighted by Gasteiger charge is 2.26. The summed E-state index contributed by atoms with van der Waals surface area (Å²) in [6, 6.07) is 21.7. The zero-order valence-corrected chi connectivity index (χ0v) is 20.2. The number of nitrogens with zero attached hydrogens (tertiary/aromatic N) is 4. The summed E-state index contributed by atoms with van der Waals surface area (Å²) in [5.74, 6) is -0.554. The molecule has 0 spiro atoms. The summed E-state index contributed by atoms with van der Waals surface area (Å²) < 4.78 is 15.7. The molecule has 2 aromatic heterocycles. The van der Waals surface area contributed by atoms with Crippen LogP contribution in [0.3, 0.4) is 0 Å². The lowest BCUT2D eigenvalue weighted by Gasteiger charge is -2.34. The summed E-state index contributed by atoms with van der Waals surface area (Å²) in [5.41, 5.74) is 1.68. The molecule has 1 aliphatic heterocycles. The monoisotopic (exact) mass is 488 g/mol. The zero-order valence-electron chi connectivity index (χ0n) is 19.4. The van der Waals surface area contributed by atoms with Crippen molar-refractivity contribution in [2.45, 2.75) is 13.5 Å². The van der Waals surface area contributed by atoms with Gasteiger partial charge < -0.3 is 4.90 Å². The van der Waals surface area contributed by atoms with Gasteiger partial charge in [-0.05, 0) is 37.3 Å². The van der Waals surface area contributed by atoms with Crippen molar-refractivity contribution in [2.24, 2.45) is 0 Å². The largest absolute Gasteiger partial charge is 0.335 e. The molecule has 1 aliphatic rings. The smallest absolute Gasteiger partial charge is 0.278 e. The number of amides is 1. The number of carbonyl (C=O) groups excluding carboxylic acids is 1. The van der Waals surface area contributed by atoms with E-state index in [-0.39, 0.29) is 22.8 Å². The minimum atomic E-state index is -0.360. The Labute approximate surface area is 206 Å². The molecule has 0 N–H and O–H groups in total. The van der Waals surface area contributed by atoms with Gasteiger partial charge in [0.1, 0.15) is 5.82 Å². The lowest BCUT2D eigenvalue weighted by atomic mass is 10.2. The van der Waals surface area contributed by atoms with Gasteiger partial charge in [0, 0.05) is 59.8 Å². The quantitative estimate of drug-likeness (QED) is 0.419. The Morgan fingerprint density at radius 3 is 2.43 bits per heavy atom. The van der Waals surface area contributed by atoms with Gasteiger partial charge in [-0.2, -0.15) is 5.10 Å². The Hall–Kier alpha value is -3.62. The van der Waals surface area contributed by atoms with Gasteiger partial charge in [-0.1, -0.05) is 36.4 Å². The van der Waals surface area contributed by atoms with E-state index in [1.807, 2.05) is 48.5 Å². The number of piperazine rings is 1. The minimum Gasteiger partial charge on any atom is -0.335 e. The molecule has 0 atom stereocenters. The molecule has 1 saturated heterocycles. The van der Waals surface area contributed by atoms with Gasteiger partial charge >= 0.3 is 0 Å². The molecular formula is C27H25FN4O2S. The highest BCUT2D eigenvalue weighted by Crippen LogP contribution is 2.30. The third kappa shape index (κ3) is 4.94. The van der Waals surface area contributed by atoms with Gasteiger partial charge in [0.05, 0.1) is 5.69 Å². The van der Waals surface area contributed by atoms with Crippen LogP contribution in [0.15, 0.2) is 77.6 Å². The highest BCUT2D eigenvalue weighted by atomic mass is 32.1. The number of benzene rings is 2. The lowest BCUT2D eigenvalue weighted by molar-refractivity contribution is 0.0620. The Balaban J connectivity index is 1.25. The first-order valence-corrected chi connectivity index (χ1v) is 12.3. The average Bonchev–Trinajstić information content (AvgIpc) is 3.33. The second-order valence-electron chi connectivity index (χ2n) is 8.56. The fraction of sp³-hybridized carbons (Fsp3) is 0.222. The van der Waals surface area contributed by atoms with Crippen LogP contribution in [0.2, 0.25) is 0 Å². The van der Waals surface area contributed by atoms with Crippen molar-refractivity contribution in [1.82, 2.24) is 19.6 Å². The topological polar surface area (TPSA) is 58.4 Å². The van der Waals surface area contributed by atoms with Crippen molar-refractivity contribution in [1.29, 1.82) is 0 Å². The molecule has 0 bridgehead atoms. The van der Waals surface area contributed by atoms with E-state index in [0.29, 0.717) is 37.4 Å². The van der Waals surface area contributed by atoms with E-state index in [2.05, 4.69) is 10.00 Å². The molecule has 0 unspecified atom stereocenters. The Morgan fingerprint density at radius 1 is 0.971 bits per heavy atom. The van der Waals surface area contributed by atoms with Gasteiger partial charge in [-0.25, -0.2) is 9.07 Å². The van der Waals surface area contributed by atoms with E-state index < -0.39 is 0 Å². The molecule has 1 fully saturated rings. The minimum absolute atomic E-state index is 0.0549. The summed E-state index contributed by atoms with van der Waals surface area (Å²) >= 11 is 1.58. The van der Waals surface area contributed by atoms with Crippen molar-refractivity contribution in [3.8, 4) is 16.1 Å². The number of carbonyl (C=O) groups is 1. The third-order valence-electron chi connectivity index (χ3n) is 6.15. The SMILES string of the molecule is Cc1cc(=O)c(C(=O)N2CCN(Cc3ccc(-c4ccccc4F)s3)CC2)nn1-c1ccccc1. The molecule has 8 heteroatoms. The number of aromatic nitrogens is 2. The number of rotatable bonds is 5. The maximum atomic E-state index is 14.1. The number of hydrogen-bond acceptors (Lipinski definition) is 5. The normalized spacial score (nSPS) is 14.3. The van der Waals surface area contributed by atoms with Crippen molar-refractivity contribution >= 4 is 17.2 Å². The van der Waals surface area contributed by atoms with E-state index >= 15 is 0 Å². The zero-order chi connectivity index (χ0) is 24.4. The second kappa shape index (κ2) is 9.93. The lowest BCUT2D eigenvalue weighted by Crippen LogP contribution is -2.49. The van der Waals surface area contributed by atoms with Crippen LogP contribution in [0.1, 0.15) is 21.1 Å². The van der Waals surface area contributed by atoms with Gasteiger partial charge in [-0.15, -0.1) is 11.3 Å². The van der Waals surface area contributed by atoms with Gasteiger partial charge in [0.15, 0.2) is 5.69 Å². The van der Waals surface area contributed by atoms with E-state index in [1.54, 1.807) is 40.0 Å². The van der Waals surface area contributed by atoms with Crippen molar-refractivity contribution < 1.29 is 9.18 Å². The summed E-state index contributed by atoms with van der Waals surface area (Å²) in [7, 11) is 0. The van der Waals surface area contributed by atoms with E-state index in [0.717, 1.165) is 22.0 Å². The van der Waals surface area contributed by atoms with E-state index in [4.69, 9.17) is 0 Å². The molecular weight excluding hydrogens is 463 g/mol. The predicted molar refractivity (Wildman–Crippen MR) is 135 cm³/mol. The molecule has 35 heavy (non-hydrogen) atoms. The van der Waals surface area contributed by atoms with Gasteiger partial charge in [-0.3, -0.25) is 14.5 Å². The second-order valence-corrected chi connectivity index (χ2v) is 9.73. The molecule has 6 nitrogen and oxygen atoms in total. The number of para-hydroxylation sites is 1. The van der Waals surface area contributed by atoms with Crippen molar-refractivity contribution in [3.05, 3.63) is 105 Å². The van der Waals surface area contributed by atoms with E-state index in [1.165, 1.54) is 12.1 Å². The molecule has 0 radical (unpaired) electrons. The molecule has 0 saturated carbocycles.